The highest BCUT2D eigenvalue weighted by Crippen LogP contribution is 2.22. The van der Waals surface area contributed by atoms with Crippen LogP contribution in [-0.2, 0) is 6.54 Å². The van der Waals surface area contributed by atoms with Crippen molar-refractivity contribution in [1.29, 1.82) is 0 Å². The molecule has 3 rings (SSSR count). The van der Waals surface area contributed by atoms with Crippen LogP contribution in [0, 0.1) is 4.77 Å². The van der Waals surface area contributed by atoms with Gasteiger partial charge in [-0.25, -0.2) is 0 Å². The van der Waals surface area contributed by atoms with Gasteiger partial charge in [0.25, 0.3) is 0 Å². The standard InChI is InChI=1S/C14H18N4S/c19-14-16-15-11-18(14)13-7-4-8-17(10-13)9-12-5-2-1-3-6-12/h1-3,5-6,11,13H,4,7-10H2,(H,16,19). The number of piperidine rings is 1. The van der Waals surface area contributed by atoms with Crippen LogP contribution >= 0.6 is 12.2 Å². The third-order valence-corrected chi connectivity index (χ3v) is 4.00. The molecule has 1 fully saturated rings. The summed E-state index contributed by atoms with van der Waals surface area (Å²) < 4.78 is 2.82. The van der Waals surface area contributed by atoms with Crippen LogP contribution in [-0.4, -0.2) is 32.8 Å². The van der Waals surface area contributed by atoms with Crippen molar-refractivity contribution in [1.82, 2.24) is 19.7 Å². The second-order valence-corrected chi connectivity index (χ2v) is 5.47. The van der Waals surface area contributed by atoms with Gasteiger partial charge in [0, 0.05) is 13.1 Å². The molecule has 0 bridgehead atoms. The maximum atomic E-state index is 5.26. The van der Waals surface area contributed by atoms with Crippen molar-refractivity contribution >= 4 is 12.2 Å². The smallest absolute Gasteiger partial charge is 0.195 e. The molecule has 1 aromatic carbocycles. The molecule has 1 unspecified atom stereocenters. The Labute approximate surface area is 118 Å². The highest BCUT2D eigenvalue weighted by molar-refractivity contribution is 7.71. The molecule has 0 radical (unpaired) electrons. The van der Waals surface area contributed by atoms with Crippen LogP contribution in [0.4, 0.5) is 0 Å². The summed E-state index contributed by atoms with van der Waals surface area (Å²) in [4.78, 5) is 2.50. The summed E-state index contributed by atoms with van der Waals surface area (Å²) in [5.41, 5.74) is 1.37. The normalized spacial score (nSPS) is 20.5. The van der Waals surface area contributed by atoms with Gasteiger partial charge < -0.3 is 4.57 Å². The zero-order chi connectivity index (χ0) is 13.1. The molecule has 1 saturated heterocycles. The molecule has 1 aliphatic heterocycles. The molecule has 19 heavy (non-hydrogen) atoms. The summed E-state index contributed by atoms with van der Waals surface area (Å²) in [6.45, 7) is 3.22. The van der Waals surface area contributed by atoms with Gasteiger partial charge in [-0.3, -0.25) is 10.00 Å². The van der Waals surface area contributed by atoms with Crippen LogP contribution < -0.4 is 0 Å². The molecule has 0 amide bonds. The van der Waals surface area contributed by atoms with Gasteiger partial charge in [0.15, 0.2) is 4.77 Å². The van der Waals surface area contributed by atoms with E-state index in [4.69, 9.17) is 12.2 Å². The number of likely N-dealkylation sites (tertiary alicyclic amines) is 1. The first kappa shape index (κ1) is 12.6. The predicted octanol–water partition coefficient (Wildman–Crippen LogP) is 2.78. The van der Waals surface area contributed by atoms with Crippen molar-refractivity contribution < 1.29 is 0 Å². The minimum absolute atomic E-state index is 0.448. The first-order chi connectivity index (χ1) is 9.33. The highest BCUT2D eigenvalue weighted by Gasteiger charge is 2.21. The van der Waals surface area contributed by atoms with Gasteiger partial charge in [0.05, 0.1) is 6.04 Å². The number of H-pyrrole nitrogens is 1. The average molecular weight is 274 g/mol. The van der Waals surface area contributed by atoms with Gasteiger partial charge in [-0.15, -0.1) is 0 Å². The van der Waals surface area contributed by atoms with Crippen molar-refractivity contribution in [3.63, 3.8) is 0 Å². The van der Waals surface area contributed by atoms with Crippen LogP contribution in [0.15, 0.2) is 36.7 Å². The lowest BCUT2D eigenvalue weighted by atomic mass is 10.0. The molecular weight excluding hydrogens is 256 g/mol. The zero-order valence-electron chi connectivity index (χ0n) is 10.8. The monoisotopic (exact) mass is 274 g/mol. The van der Waals surface area contributed by atoms with Gasteiger partial charge >= 0.3 is 0 Å². The molecule has 1 aromatic heterocycles. The third-order valence-electron chi connectivity index (χ3n) is 3.70. The fourth-order valence-corrected chi connectivity index (χ4v) is 3.01. The summed E-state index contributed by atoms with van der Waals surface area (Å²) in [6.07, 6.45) is 4.21. The van der Waals surface area contributed by atoms with Crippen molar-refractivity contribution in [3.8, 4) is 0 Å². The zero-order valence-corrected chi connectivity index (χ0v) is 11.6. The minimum Gasteiger partial charge on any atom is -0.302 e. The van der Waals surface area contributed by atoms with Crippen molar-refractivity contribution in [3.05, 3.63) is 47.0 Å². The Hall–Kier alpha value is -1.46. The van der Waals surface area contributed by atoms with Crippen molar-refractivity contribution in [2.75, 3.05) is 13.1 Å². The Morgan fingerprint density at radius 1 is 1.32 bits per heavy atom. The number of nitrogens with zero attached hydrogens (tertiary/aromatic N) is 3. The van der Waals surface area contributed by atoms with Gasteiger partial charge in [0.2, 0.25) is 0 Å². The largest absolute Gasteiger partial charge is 0.302 e. The third kappa shape index (κ3) is 2.93. The van der Waals surface area contributed by atoms with Crippen molar-refractivity contribution in [2.24, 2.45) is 0 Å². The average Bonchev–Trinajstić information content (AvgIpc) is 2.86. The van der Waals surface area contributed by atoms with Gasteiger partial charge in [0.1, 0.15) is 6.33 Å². The van der Waals surface area contributed by atoms with E-state index < -0.39 is 0 Å². The topological polar surface area (TPSA) is 36.9 Å². The Morgan fingerprint density at radius 3 is 2.89 bits per heavy atom. The molecule has 0 spiro atoms. The van der Waals surface area contributed by atoms with E-state index in [0.717, 1.165) is 24.4 Å². The quantitative estimate of drug-likeness (QED) is 0.874. The minimum atomic E-state index is 0.448. The summed E-state index contributed by atoms with van der Waals surface area (Å²) in [7, 11) is 0. The molecule has 1 N–H and O–H groups in total. The van der Waals surface area contributed by atoms with E-state index in [1.165, 1.54) is 18.4 Å². The van der Waals surface area contributed by atoms with E-state index >= 15 is 0 Å². The molecule has 1 atom stereocenters. The van der Waals surface area contributed by atoms with E-state index in [1.54, 1.807) is 0 Å². The molecule has 0 aliphatic carbocycles. The molecule has 100 valence electrons. The summed E-state index contributed by atoms with van der Waals surface area (Å²) in [5.74, 6) is 0. The lowest BCUT2D eigenvalue weighted by Gasteiger charge is -2.33. The maximum absolute atomic E-state index is 5.26. The number of aromatic nitrogens is 3. The Balaban J connectivity index is 1.69. The number of hydrogen-bond donors (Lipinski definition) is 1. The van der Waals surface area contributed by atoms with E-state index in [9.17, 15) is 0 Å². The summed E-state index contributed by atoms with van der Waals surface area (Å²) >= 11 is 5.26. The molecule has 0 saturated carbocycles. The summed E-state index contributed by atoms with van der Waals surface area (Å²) in [5, 5.41) is 6.86. The fourth-order valence-electron chi connectivity index (χ4n) is 2.76. The number of benzene rings is 1. The predicted molar refractivity (Wildman–Crippen MR) is 77.4 cm³/mol. The molecule has 4 nitrogen and oxygen atoms in total. The number of hydrogen-bond acceptors (Lipinski definition) is 3. The lowest BCUT2D eigenvalue weighted by molar-refractivity contribution is 0.169. The van der Waals surface area contributed by atoms with E-state index in [0.29, 0.717) is 6.04 Å². The summed E-state index contributed by atoms with van der Waals surface area (Å²) in [6, 6.07) is 11.1. The Bertz CT molecular complexity index is 574. The fraction of sp³-hybridized carbons (Fsp3) is 0.429. The van der Waals surface area contributed by atoms with Gasteiger partial charge in [-0.05, 0) is 37.2 Å². The number of rotatable bonds is 3. The van der Waals surface area contributed by atoms with Crippen LogP contribution in [0.2, 0.25) is 0 Å². The van der Waals surface area contributed by atoms with Crippen LogP contribution in [0.1, 0.15) is 24.4 Å². The molecule has 5 heteroatoms. The second-order valence-electron chi connectivity index (χ2n) is 5.09. The SMILES string of the molecule is S=c1[nH]ncn1C1CCCN(Cc2ccccc2)C1. The van der Waals surface area contributed by atoms with E-state index in [-0.39, 0.29) is 0 Å². The second kappa shape index (κ2) is 5.67. The van der Waals surface area contributed by atoms with Crippen LogP contribution in [0.5, 0.6) is 0 Å². The molecule has 1 aliphatic rings. The number of nitrogens with one attached hydrogen (secondary N) is 1. The number of aromatic amines is 1. The van der Waals surface area contributed by atoms with Crippen LogP contribution in [0.25, 0.3) is 0 Å². The van der Waals surface area contributed by atoms with E-state index in [2.05, 4.69) is 50.0 Å². The van der Waals surface area contributed by atoms with Crippen molar-refractivity contribution in [2.45, 2.75) is 25.4 Å². The van der Waals surface area contributed by atoms with Gasteiger partial charge in [-0.2, -0.15) is 5.10 Å². The molecular formula is C14H18N4S. The molecule has 2 aromatic rings. The van der Waals surface area contributed by atoms with Crippen LogP contribution in [0.3, 0.4) is 0 Å². The Kier molecular flexibility index (Phi) is 3.75. The highest BCUT2D eigenvalue weighted by atomic mass is 32.1. The Morgan fingerprint density at radius 2 is 2.16 bits per heavy atom. The molecule has 2 heterocycles. The first-order valence-corrected chi connectivity index (χ1v) is 7.11. The van der Waals surface area contributed by atoms with E-state index in [1.807, 2.05) is 6.33 Å². The first-order valence-electron chi connectivity index (χ1n) is 6.71. The van der Waals surface area contributed by atoms with Gasteiger partial charge in [-0.1, -0.05) is 30.3 Å². The lowest BCUT2D eigenvalue weighted by Crippen LogP contribution is -2.36. The maximum Gasteiger partial charge on any atom is 0.195 e.